The van der Waals surface area contributed by atoms with Crippen molar-refractivity contribution < 1.29 is 4.79 Å². The van der Waals surface area contributed by atoms with Crippen molar-refractivity contribution in [2.45, 2.75) is 38.8 Å². The Morgan fingerprint density at radius 2 is 2.08 bits per heavy atom. The van der Waals surface area contributed by atoms with Crippen LogP contribution in [0.15, 0.2) is 30.3 Å². The summed E-state index contributed by atoms with van der Waals surface area (Å²) in [5, 5.41) is 6.60. The average Bonchev–Trinajstić information content (AvgIpc) is 2.97. The van der Waals surface area contributed by atoms with E-state index < -0.39 is 0 Å². The van der Waals surface area contributed by atoms with Crippen LogP contribution in [-0.2, 0) is 11.3 Å². The van der Waals surface area contributed by atoms with E-state index in [1.54, 1.807) is 0 Å². The predicted molar refractivity (Wildman–Crippen MR) is 103 cm³/mol. The average molecular weight is 374 g/mol. The van der Waals surface area contributed by atoms with Gasteiger partial charge >= 0.3 is 0 Å². The summed E-state index contributed by atoms with van der Waals surface area (Å²) in [6.07, 6.45) is 3.20. The van der Waals surface area contributed by atoms with E-state index >= 15 is 0 Å². The number of carbonyl (C=O) groups excluding carboxylic acids is 1. The highest BCUT2D eigenvalue weighted by atomic mass is 35.5. The molecule has 136 valence electrons. The third-order valence-corrected chi connectivity index (χ3v) is 5.01. The maximum Gasteiger partial charge on any atom is 0.227 e. The SMILES string of the molecule is CC1(C(=O)NC2CCCN(Cc3ccccc3)C2)CCNC1.Cl.Cl. The molecule has 0 aliphatic carbocycles. The first-order valence-corrected chi connectivity index (χ1v) is 8.44. The Kier molecular flexibility index (Phi) is 8.51. The lowest BCUT2D eigenvalue weighted by Gasteiger charge is -2.35. The summed E-state index contributed by atoms with van der Waals surface area (Å²) in [5.41, 5.74) is 1.13. The second-order valence-electron chi connectivity index (χ2n) is 7.02. The molecule has 4 nitrogen and oxygen atoms in total. The summed E-state index contributed by atoms with van der Waals surface area (Å²) >= 11 is 0. The molecular weight excluding hydrogens is 345 g/mol. The highest BCUT2D eigenvalue weighted by Crippen LogP contribution is 2.25. The van der Waals surface area contributed by atoms with Gasteiger partial charge in [-0.2, -0.15) is 0 Å². The fourth-order valence-electron chi connectivity index (χ4n) is 3.53. The van der Waals surface area contributed by atoms with Crippen LogP contribution in [-0.4, -0.2) is 43.0 Å². The van der Waals surface area contributed by atoms with E-state index in [4.69, 9.17) is 0 Å². The van der Waals surface area contributed by atoms with Crippen LogP contribution in [0.1, 0.15) is 31.7 Å². The molecule has 3 rings (SSSR count). The predicted octanol–water partition coefficient (Wildman–Crippen LogP) is 2.61. The number of piperidine rings is 1. The lowest BCUT2D eigenvalue weighted by Crippen LogP contribution is -2.51. The van der Waals surface area contributed by atoms with Gasteiger partial charge in [-0.25, -0.2) is 0 Å². The molecule has 2 aliphatic rings. The maximum atomic E-state index is 12.5. The van der Waals surface area contributed by atoms with E-state index in [1.807, 2.05) is 0 Å². The van der Waals surface area contributed by atoms with Crippen molar-refractivity contribution in [2.24, 2.45) is 5.41 Å². The minimum absolute atomic E-state index is 0. The van der Waals surface area contributed by atoms with Crippen LogP contribution in [0, 0.1) is 5.41 Å². The zero-order valence-corrected chi connectivity index (χ0v) is 15.9. The molecule has 1 aromatic carbocycles. The van der Waals surface area contributed by atoms with E-state index in [2.05, 4.69) is 52.8 Å². The number of amides is 1. The lowest BCUT2D eigenvalue weighted by molar-refractivity contribution is -0.130. The molecule has 2 unspecified atom stereocenters. The molecule has 2 N–H and O–H groups in total. The first kappa shape index (κ1) is 21.2. The first-order chi connectivity index (χ1) is 10.7. The molecule has 2 aliphatic heterocycles. The molecule has 1 aromatic rings. The lowest BCUT2D eigenvalue weighted by atomic mass is 9.88. The van der Waals surface area contributed by atoms with Crippen molar-refractivity contribution >= 4 is 30.7 Å². The summed E-state index contributed by atoms with van der Waals surface area (Å²) in [6.45, 7) is 6.90. The number of rotatable bonds is 4. The molecule has 2 saturated heterocycles. The van der Waals surface area contributed by atoms with Crippen molar-refractivity contribution in [3.63, 3.8) is 0 Å². The van der Waals surface area contributed by atoms with Crippen LogP contribution >= 0.6 is 24.8 Å². The van der Waals surface area contributed by atoms with Crippen molar-refractivity contribution in [1.29, 1.82) is 0 Å². The van der Waals surface area contributed by atoms with Gasteiger partial charge in [0.2, 0.25) is 5.91 Å². The Hall–Kier alpha value is -0.810. The molecule has 1 amide bonds. The monoisotopic (exact) mass is 373 g/mol. The molecular formula is C18H29Cl2N3O. The minimum Gasteiger partial charge on any atom is -0.352 e. The molecule has 2 fully saturated rings. The van der Waals surface area contributed by atoms with E-state index in [0.29, 0.717) is 6.04 Å². The fourth-order valence-corrected chi connectivity index (χ4v) is 3.53. The number of benzene rings is 1. The number of likely N-dealkylation sites (tertiary alicyclic amines) is 1. The van der Waals surface area contributed by atoms with E-state index in [0.717, 1.165) is 52.0 Å². The summed E-state index contributed by atoms with van der Waals surface area (Å²) in [4.78, 5) is 15.0. The summed E-state index contributed by atoms with van der Waals surface area (Å²) < 4.78 is 0. The molecule has 2 atom stereocenters. The largest absolute Gasteiger partial charge is 0.352 e. The Morgan fingerprint density at radius 3 is 2.75 bits per heavy atom. The van der Waals surface area contributed by atoms with Gasteiger partial charge in [0, 0.05) is 25.7 Å². The number of nitrogens with one attached hydrogen (secondary N) is 2. The van der Waals surface area contributed by atoms with Crippen LogP contribution in [0.25, 0.3) is 0 Å². The number of hydrogen-bond acceptors (Lipinski definition) is 3. The van der Waals surface area contributed by atoms with Gasteiger partial charge in [-0.3, -0.25) is 9.69 Å². The molecule has 0 aromatic heterocycles. The van der Waals surface area contributed by atoms with Gasteiger partial charge in [0.05, 0.1) is 5.41 Å². The molecule has 0 saturated carbocycles. The zero-order valence-electron chi connectivity index (χ0n) is 14.3. The number of halogens is 2. The highest BCUT2D eigenvalue weighted by molar-refractivity contribution is 5.85. The van der Waals surface area contributed by atoms with Gasteiger partial charge in [-0.1, -0.05) is 30.3 Å². The summed E-state index contributed by atoms with van der Waals surface area (Å²) in [6, 6.07) is 10.9. The Balaban J connectivity index is 0.00000144. The molecule has 2 heterocycles. The van der Waals surface area contributed by atoms with Gasteiger partial charge in [0.1, 0.15) is 0 Å². The third kappa shape index (κ3) is 5.35. The van der Waals surface area contributed by atoms with Gasteiger partial charge < -0.3 is 10.6 Å². The van der Waals surface area contributed by atoms with Crippen LogP contribution in [0.5, 0.6) is 0 Å². The van der Waals surface area contributed by atoms with Crippen molar-refractivity contribution in [3.8, 4) is 0 Å². The Morgan fingerprint density at radius 1 is 1.33 bits per heavy atom. The molecule has 24 heavy (non-hydrogen) atoms. The molecule has 0 radical (unpaired) electrons. The molecule has 0 spiro atoms. The standard InChI is InChI=1S/C18H27N3O.2ClH/c1-18(9-10-19-14-18)17(22)20-16-8-5-11-21(13-16)12-15-6-3-2-4-7-15;;/h2-4,6-7,16,19H,5,8-14H2,1H3,(H,20,22);2*1H. The minimum atomic E-state index is -0.221. The second kappa shape index (κ2) is 9.62. The summed E-state index contributed by atoms with van der Waals surface area (Å²) in [5.74, 6) is 0.226. The van der Waals surface area contributed by atoms with E-state index in [9.17, 15) is 4.79 Å². The van der Waals surface area contributed by atoms with Gasteiger partial charge in [-0.15, -0.1) is 24.8 Å². The normalized spacial score (nSPS) is 27.0. The molecule has 6 heteroatoms. The first-order valence-electron chi connectivity index (χ1n) is 8.44. The van der Waals surface area contributed by atoms with Crippen molar-refractivity contribution in [3.05, 3.63) is 35.9 Å². The van der Waals surface area contributed by atoms with E-state index in [-0.39, 0.29) is 36.1 Å². The van der Waals surface area contributed by atoms with Crippen LogP contribution in [0.2, 0.25) is 0 Å². The fraction of sp³-hybridized carbons (Fsp3) is 0.611. The number of hydrogen-bond donors (Lipinski definition) is 2. The van der Waals surface area contributed by atoms with Crippen LogP contribution < -0.4 is 10.6 Å². The zero-order chi connectivity index (χ0) is 15.4. The van der Waals surface area contributed by atoms with Gasteiger partial charge in [-0.05, 0) is 44.8 Å². The van der Waals surface area contributed by atoms with Crippen LogP contribution in [0.4, 0.5) is 0 Å². The van der Waals surface area contributed by atoms with Crippen molar-refractivity contribution in [2.75, 3.05) is 26.2 Å². The second-order valence-corrected chi connectivity index (χ2v) is 7.02. The van der Waals surface area contributed by atoms with Gasteiger partial charge in [0.15, 0.2) is 0 Å². The molecule has 0 bridgehead atoms. The van der Waals surface area contributed by atoms with Crippen LogP contribution in [0.3, 0.4) is 0 Å². The van der Waals surface area contributed by atoms with Gasteiger partial charge in [0.25, 0.3) is 0 Å². The topological polar surface area (TPSA) is 44.4 Å². The number of nitrogens with zero attached hydrogens (tertiary/aromatic N) is 1. The summed E-state index contributed by atoms with van der Waals surface area (Å²) in [7, 11) is 0. The smallest absolute Gasteiger partial charge is 0.227 e. The quantitative estimate of drug-likeness (QED) is 0.852. The highest BCUT2D eigenvalue weighted by Gasteiger charge is 2.37. The van der Waals surface area contributed by atoms with Crippen molar-refractivity contribution in [1.82, 2.24) is 15.5 Å². The Bertz CT molecular complexity index is 506. The maximum absolute atomic E-state index is 12.5. The third-order valence-electron chi connectivity index (χ3n) is 5.01. The number of carbonyl (C=O) groups is 1. The Labute approximate surface area is 157 Å². The van der Waals surface area contributed by atoms with E-state index in [1.165, 1.54) is 5.56 Å².